The number of rotatable bonds is 2. The third kappa shape index (κ3) is 1.73. The molecule has 0 unspecified atom stereocenters. The van der Waals surface area contributed by atoms with Crippen LogP contribution in [0.25, 0.3) is 0 Å². The summed E-state index contributed by atoms with van der Waals surface area (Å²) in [6.07, 6.45) is 7.46. The summed E-state index contributed by atoms with van der Waals surface area (Å²) >= 11 is 0. The van der Waals surface area contributed by atoms with Crippen LogP contribution < -0.4 is 5.73 Å². The minimum atomic E-state index is -0.0728. The Morgan fingerprint density at radius 2 is 1.65 bits per heavy atom. The number of carbonyl (C=O) groups excluding carboxylic acids is 1. The average molecular weight is 269 g/mol. The second-order valence-electron chi connectivity index (χ2n) is 7.62. The van der Waals surface area contributed by atoms with Gasteiger partial charge in [0.1, 0.15) is 0 Å². The molecule has 4 saturated carbocycles. The zero-order chi connectivity index (χ0) is 13.9. The fourth-order valence-corrected chi connectivity index (χ4v) is 5.54. The number of Topliss-reactive ketones (excluding diaryl/α,β-unsaturated/α-hetero) is 1. The molecule has 5 rings (SSSR count). The topological polar surface area (TPSA) is 43.1 Å². The first-order chi connectivity index (χ1) is 9.56. The highest BCUT2D eigenvalue weighted by atomic mass is 16.1. The van der Waals surface area contributed by atoms with Crippen LogP contribution >= 0.6 is 0 Å². The predicted octanol–water partition coefficient (Wildman–Crippen LogP) is 3.98. The lowest BCUT2D eigenvalue weighted by molar-refractivity contribution is -0.0352. The van der Waals surface area contributed by atoms with Crippen molar-refractivity contribution in [2.24, 2.45) is 23.2 Å². The molecule has 1 aromatic rings. The first-order valence-corrected chi connectivity index (χ1v) is 7.97. The number of carbonyl (C=O) groups is 1. The van der Waals surface area contributed by atoms with Crippen LogP contribution in [0.1, 0.15) is 54.4 Å². The Kier molecular flexibility index (Phi) is 2.55. The van der Waals surface area contributed by atoms with E-state index in [1.165, 1.54) is 19.3 Å². The molecule has 4 bridgehead atoms. The lowest BCUT2D eigenvalue weighted by atomic mass is 9.48. The third-order valence-corrected chi connectivity index (χ3v) is 5.97. The van der Waals surface area contributed by atoms with E-state index in [0.717, 1.165) is 48.1 Å². The summed E-state index contributed by atoms with van der Waals surface area (Å²) in [6, 6.07) is 5.88. The minimum Gasteiger partial charge on any atom is -0.398 e. The maximum atomic E-state index is 13.2. The molecule has 4 aliphatic carbocycles. The van der Waals surface area contributed by atoms with E-state index in [9.17, 15) is 4.79 Å². The van der Waals surface area contributed by atoms with E-state index < -0.39 is 0 Å². The van der Waals surface area contributed by atoms with Gasteiger partial charge in [0.25, 0.3) is 0 Å². The smallest absolute Gasteiger partial charge is 0.171 e. The molecule has 0 amide bonds. The van der Waals surface area contributed by atoms with Gasteiger partial charge in [-0.25, -0.2) is 0 Å². The second-order valence-corrected chi connectivity index (χ2v) is 7.62. The van der Waals surface area contributed by atoms with Gasteiger partial charge in [-0.15, -0.1) is 0 Å². The van der Waals surface area contributed by atoms with Crippen LogP contribution in [0.4, 0.5) is 5.69 Å². The number of anilines is 1. The van der Waals surface area contributed by atoms with Gasteiger partial charge in [0.05, 0.1) is 0 Å². The van der Waals surface area contributed by atoms with E-state index in [1.807, 2.05) is 25.1 Å². The molecule has 1 aromatic carbocycles. The van der Waals surface area contributed by atoms with Crippen molar-refractivity contribution in [3.05, 3.63) is 29.3 Å². The third-order valence-electron chi connectivity index (χ3n) is 5.97. The standard InChI is InChI=1S/C18H23NO/c1-11-2-3-16(19)15(4-11)17(20)18-8-12-5-13(9-18)7-14(6-12)10-18/h2-4,12-14H,5-10,19H2,1H3. The molecule has 0 heterocycles. The molecule has 2 N–H and O–H groups in total. The van der Waals surface area contributed by atoms with Crippen molar-refractivity contribution >= 4 is 11.5 Å². The average Bonchev–Trinajstić information content (AvgIpc) is 2.39. The Labute approximate surface area is 120 Å². The highest BCUT2D eigenvalue weighted by Crippen LogP contribution is 2.61. The van der Waals surface area contributed by atoms with Crippen molar-refractivity contribution in [2.75, 3.05) is 5.73 Å². The molecule has 0 atom stereocenters. The Morgan fingerprint density at radius 1 is 1.10 bits per heavy atom. The number of hydrogen-bond acceptors (Lipinski definition) is 2. The Morgan fingerprint density at radius 3 is 2.20 bits per heavy atom. The summed E-state index contributed by atoms with van der Waals surface area (Å²) in [4.78, 5) is 13.2. The summed E-state index contributed by atoms with van der Waals surface area (Å²) < 4.78 is 0. The fourth-order valence-electron chi connectivity index (χ4n) is 5.54. The fraction of sp³-hybridized carbons (Fsp3) is 0.611. The predicted molar refractivity (Wildman–Crippen MR) is 80.5 cm³/mol. The van der Waals surface area contributed by atoms with Crippen LogP contribution in [0.2, 0.25) is 0 Å². The van der Waals surface area contributed by atoms with Crippen molar-refractivity contribution in [1.82, 2.24) is 0 Å². The highest BCUT2D eigenvalue weighted by molar-refractivity contribution is 6.05. The number of nitrogens with two attached hydrogens (primary N) is 1. The van der Waals surface area contributed by atoms with E-state index in [2.05, 4.69) is 0 Å². The first-order valence-electron chi connectivity index (χ1n) is 7.97. The normalized spacial score (nSPS) is 38.1. The lowest BCUT2D eigenvalue weighted by Crippen LogP contribution is -2.50. The molecule has 0 aliphatic heterocycles. The van der Waals surface area contributed by atoms with Crippen LogP contribution in [-0.4, -0.2) is 5.78 Å². The van der Waals surface area contributed by atoms with Gasteiger partial charge in [0.15, 0.2) is 5.78 Å². The van der Waals surface area contributed by atoms with Crippen LogP contribution in [0, 0.1) is 30.1 Å². The van der Waals surface area contributed by atoms with Crippen LogP contribution in [0.3, 0.4) is 0 Å². The largest absolute Gasteiger partial charge is 0.398 e. The van der Waals surface area contributed by atoms with E-state index in [4.69, 9.17) is 5.73 Å². The quantitative estimate of drug-likeness (QED) is 0.652. The SMILES string of the molecule is Cc1ccc(N)c(C(=O)C23CC4CC(CC(C4)C2)C3)c1. The van der Waals surface area contributed by atoms with Gasteiger partial charge >= 0.3 is 0 Å². The molecule has 4 aliphatic rings. The number of benzene rings is 1. The van der Waals surface area contributed by atoms with Gasteiger partial charge in [0, 0.05) is 16.7 Å². The summed E-state index contributed by atoms with van der Waals surface area (Å²) in [7, 11) is 0. The van der Waals surface area contributed by atoms with Crippen LogP contribution in [0.5, 0.6) is 0 Å². The minimum absolute atomic E-state index is 0.0728. The van der Waals surface area contributed by atoms with Crippen molar-refractivity contribution in [3.63, 3.8) is 0 Å². The van der Waals surface area contributed by atoms with Crippen molar-refractivity contribution in [1.29, 1.82) is 0 Å². The van der Waals surface area contributed by atoms with Crippen LogP contribution in [0.15, 0.2) is 18.2 Å². The second kappa shape index (κ2) is 4.09. The van der Waals surface area contributed by atoms with Crippen LogP contribution in [-0.2, 0) is 0 Å². The van der Waals surface area contributed by atoms with Gasteiger partial charge in [-0.2, -0.15) is 0 Å². The molecule has 0 saturated heterocycles. The molecule has 4 fully saturated rings. The van der Waals surface area contributed by atoms with Crippen molar-refractivity contribution < 1.29 is 4.79 Å². The highest BCUT2D eigenvalue weighted by Gasteiger charge is 2.54. The summed E-state index contributed by atoms with van der Waals surface area (Å²) in [6.45, 7) is 2.04. The zero-order valence-corrected chi connectivity index (χ0v) is 12.2. The molecular weight excluding hydrogens is 246 g/mol. The Bertz CT molecular complexity index is 539. The number of nitrogen functional groups attached to an aromatic ring is 1. The number of aryl methyl sites for hydroxylation is 1. The van der Waals surface area contributed by atoms with E-state index >= 15 is 0 Å². The van der Waals surface area contributed by atoms with E-state index in [0.29, 0.717) is 11.5 Å². The first kappa shape index (κ1) is 12.4. The molecule has 2 nitrogen and oxygen atoms in total. The van der Waals surface area contributed by atoms with Crippen molar-refractivity contribution in [3.8, 4) is 0 Å². The van der Waals surface area contributed by atoms with Gasteiger partial charge in [-0.05, 0) is 75.3 Å². The Balaban J connectivity index is 1.73. The Hall–Kier alpha value is -1.31. The van der Waals surface area contributed by atoms with Gasteiger partial charge < -0.3 is 5.73 Å². The van der Waals surface area contributed by atoms with Gasteiger partial charge in [0.2, 0.25) is 0 Å². The maximum Gasteiger partial charge on any atom is 0.171 e. The monoisotopic (exact) mass is 269 g/mol. The molecule has 0 radical (unpaired) electrons. The molecule has 20 heavy (non-hydrogen) atoms. The van der Waals surface area contributed by atoms with Gasteiger partial charge in [-0.3, -0.25) is 4.79 Å². The molecular formula is C18H23NO. The zero-order valence-electron chi connectivity index (χ0n) is 12.2. The maximum absolute atomic E-state index is 13.2. The molecule has 0 aromatic heterocycles. The lowest BCUT2D eigenvalue weighted by Gasteiger charge is -2.56. The van der Waals surface area contributed by atoms with Gasteiger partial charge in [-0.1, -0.05) is 11.6 Å². The van der Waals surface area contributed by atoms with E-state index in [-0.39, 0.29) is 5.41 Å². The summed E-state index contributed by atoms with van der Waals surface area (Å²) in [5, 5.41) is 0. The summed E-state index contributed by atoms with van der Waals surface area (Å²) in [5.74, 6) is 2.75. The molecule has 0 spiro atoms. The van der Waals surface area contributed by atoms with E-state index in [1.54, 1.807) is 0 Å². The molecule has 106 valence electrons. The number of ketones is 1. The number of hydrogen-bond donors (Lipinski definition) is 1. The molecule has 2 heteroatoms. The van der Waals surface area contributed by atoms with Crippen molar-refractivity contribution in [2.45, 2.75) is 45.4 Å². The summed E-state index contributed by atoms with van der Waals surface area (Å²) in [5.41, 5.74) is 8.59.